The molecule has 9 heteroatoms. The third-order valence-electron chi connectivity index (χ3n) is 3.38. The average molecular weight is 371 g/mol. The maximum Gasteiger partial charge on any atom is 0.337 e. The van der Waals surface area contributed by atoms with E-state index in [1.165, 1.54) is 19.2 Å². The van der Waals surface area contributed by atoms with Gasteiger partial charge in [0, 0.05) is 26.1 Å². The van der Waals surface area contributed by atoms with E-state index in [0.29, 0.717) is 18.8 Å². The van der Waals surface area contributed by atoms with Crippen LogP contribution in [-0.4, -0.2) is 72.3 Å². The van der Waals surface area contributed by atoms with Crippen LogP contribution in [0.3, 0.4) is 0 Å². The molecule has 0 saturated heterocycles. The highest BCUT2D eigenvalue weighted by molar-refractivity contribution is 7.92. The second kappa shape index (κ2) is 9.38. The minimum absolute atomic E-state index is 0.0166. The summed E-state index contributed by atoms with van der Waals surface area (Å²) in [6, 6.07) is 6.09. The molecule has 1 N–H and O–H groups in total. The van der Waals surface area contributed by atoms with Gasteiger partial charge in [0.25, 0.3) is 0 Å². The fraction of sp³-hybridized carbons (Fsp3) is 0.500. The quantitative estimate of drug-likeness (QED) is 0.628. The molecule has 0 aromatic heterocycles. The van der Waals surface area contributed by atoms with Crippen molar-refractivity contribution in [2.45, 2.75) is 6.42 Å². The summed E-state index contributed by atoms with van der Waals surface area (Å²) in [5.74, 6) is -0.795. The number of esters is 1. The van der Waals surface area contributed by atoms with Crippen LogP contribution in [0, 0.1) is 0 Å². The Bertz CT molecular complexity index is 703. The highest BCUT2D eigenvalue weighted by atomic mass is 32.2. The van der Waals surface area contributed by atoms with Crippen molar-refractivity contribution >= 4 is 27.6 Å². The molecule has 0 fully saturated rings. The summed E-state index contributed by atoms with van der Waals surface area (Å²) in [6.07, 6.45) is 1.07. The first-order chi connectivity index (χ1) is 11.6. The first-order valence-electron chi connectivity index (χ1n) is 7.72. The zero-order valence-corrected chi connectivity index (χ0v) is 15.8. The summed E-state index contributed by atoms with van der Waals surface area (Å²) >= 11 is 0. The Morgan fingerprint density at radius 3 is 2.44 bits per heavy atom. The highest BCUT2D eigenvalue weighted by Crippen LogP contribution is 2.20. The molecule has 1 amide bonds. The second-order valence-electron chi connectivity index (χ2n) is 5.78. The number of benzene rings is 1. The maximum absolute atomic E-state index is 12.1. The van der Waals surface area contributed by atoms with Gasteiger partial charge in [0.05, 0.1) is 24.6 Å². The van der Waals surface area contributed by atoms with Gasteiger partial charge in [-0.25, -0.2) is 13.2 Å². The molecule has 0 spiro atoms. The minimum atomic E-state index is -3.60. The van der Waals surface area contributed by atoms with Gasteiger partial charge in [0.1, 0.15) is 0 Å². The van der Waals surface area contributed by atoms with Crippen molar-refractivity contribution in [2.24, 2.45) is 0 Å². The molecule has 8 nitrogen and oxygen atoms in total. The number of carbonyl (C=O) groups is 2. The maximum atomic E-state index is 12.1. The number of hydrogen-bond acceptors (Lipinski definition) is 6. The number of methoxy groups -OCH3 is 1. The van der Waals surface area contributed by atoms with Crippen molar-refractivity contribution in [3.8, 4) is 0 Å². The molecule has 0 unspecified atom stereocenters. The molecule has 0 bridgehead atoms. The highest BCUT2D eigenvalue weighted by Gasteiger charge is 2.20. The number of likely N-dealkylation sites (N-methyl/N-ethyl adjacent to an activating group) is 1. The van der Waals surface area contributed by atoms with E-state index in [4.69, 9.17) is 0 Å². The van der Waals surface area contributed by atoms with Gasteiger partial charge in [-0.1, -0.05) is 6.07 Å². The largest absolute Gasteiger partial charge is 0.465 e. The molecule has 0 aliphatic heterocycles. The summed E-state index contributed by atoms with van der Waals surface area (Å²) in [5.41, 5.74) is 0.551. The molecular formula is C16H25N3O5S. The lowest BCUT2D eigenvalue weighted by molar-refractivity contribution is -0.120. The molecule has 0 radical (unpaired) electrons. The molecule has 0 saturated carbocycles. The molecule has 0 aliphatic rings. The van der Waals surface area contributed by atoms with E-state index >= 15 is 0 Å². The Morgan fingerprint density at radius 1 is 1.20 bits per heavy atom. The smallest absolute Gasteiger partial charge is 0.337 e. The van der Waals surface area contributed by atoms with Gasteiger partial charge in [0.15, 0.2) is 0 Å². The van der Waals surface area contributed by atoms with Crippen molar-refractivity contribution in [3.63, 3.8) is 0 Å². The number of nitrogens with zero attached hydrogens (tertiary/aromatic N) is 2. The van der Waals surface area contributed by atoms with Gasteiger partial charge in [-0.15, -0.1) is 0 Å². The van der Waals surface area contributed by atoms with Crippen molar-refractivity contribution < 1.29 is 22.7 Å². The van der Waals surface area contributed by atoms with Crippen LogP contribution in [0.4, 0.5) is 5.69 Å². The van der Waals surface area contributed by atoms with Gasteiger partial charge in [-0.2, -0.15) is 0 Å². The Labute approximate surface area is 148 Å². The van der Waals surface area contributed by atoms with Crippen LogP contribution >= 0.6 is 0 Å². The third kappa shape index (κ3) is 7.10. The van der Waals surface area contributed by atoms with E-state index in [1.807, 2.05) is 19.0 Å². The molecule has 1 aromatic carbocycles. The Balaban J connectivity index is 2.83. The van der Waals surface area contributed by atoms with Crippen LogP contribution in [0.2, 0.25) is 0 Å². The standard InChI is InChI=1S/C16H25N3O5S/c1-18(2)11-9-17-15(20)8-10-19(25(4,22)23)14-7-5-6-13(12-14)16(21)24-3/h5-7,12H,8-11H2,1-4H3,(H,17,20). The van der Waals surface area contributed by atoms with E-state index in [2.05, 4.69) is 10.1 Å². The van der Waals surface area contributed by atoms with E-state index in [0.717, 1.165) is 10.6 Å². The predicted molar refractivity (Wildman–Crippen MR) is 96.2 cm³/mol. The fourth-order valence-electron chi connectivity index (χ4n) is 2.10. The number of carbonyl (C=O) groups excluding carboxylic acids is 2. The zero-order valence-electron chi connectivity index (χ0n) is 15.0. The second-order valence-corrected chi connectivity index (χ2v) is 7.69. The summed E-state index contributed by atoms with van der Waals surface area (Å²) in [6.45, 7) is 1.17. The van der Waals surface area contributed by atoms with Crippen molar-refractivity contribution in [1.29, 1.82) is 0 Å². The number of amides is 1. The number of anilines is 1. The lowest BCUT2D eigenvalue weighted by Gasteiger charge is -2.22. The number of sulfonamides is 1. The molecule has 25 heavy (non-hydrogen) atoms. The van der Waals surface area contributed by atoms with Gasteiger partial charge < -0.3 is 15.0 Å². The van der Waals surface area contributed by atoms with E-state index in [-0.39, 0.29) is 24.4 Å². The molecular weight excluding hydrogens is 346 g/mol. The lowest BCUT2D eigenvalue weighted by atomic mass is 10.2. The average Bonchev–Trinajstić information content (AvgIpc) is 2.53. The van der Waals surface area contributed by atoms with E-state index in [9.17, 15) is 18.0 Å². The van der Waals surface area contributed by atoms with Crippen LogP contribution in [0.15, 0.2) is 24.3 Å². The van der Waals surface area contributed by atoms with Crippen molar-refractivity contribution in [3.05, 3.63) is 29.8 Å². The number of hydrogen-bond donors (Lipinski definition) is 1. The summed E-state index contributed by atoms with van der Waals surface area (Å²) < 4.78 is 29.9. The van der Waals surface area contributed by atoms with E-state index < -0.39 is 16.0 Å². The molecule has 0 atom stereocenters. The minimum Gasteiger partial charge on any atom is -0.465 e. The molecule has 1 rings (SSSR count). The van der Waals surface area contributed by atoms with Crippen molar-refractivity contribution in [2.75, 3.05) is 51.4 Å². The number of rotatable bonds is 9. The normalized spacial score (nSPS) is 11.2. The van der Waals surface area contributed by atoms with Crippen LogP contribution in [0.5, 0.6) is 0 Å². The third-order valence-corrected chi connectivity index (χ3v) is 4.57. The molecule has 0 heterocycles. The summed E-state index contributed by atoms with van der Waals surface area (Å²) in [5, 5.41) is 2.73. The Hall–Kier alpha value is -2.13. The SMILES string of the molecule is COC(=O)c1cccc(N(CCC(=O)NCCN(C)C)S(C)(=O)=O)c1. The fourth-order valence-corrected chi connectivity index (χ4v) is 3.02. The van der Waals surface area contributed by atoms with Gasteiger partial charge in [-0.05, 0) is 32.3 Å². The number of ether oxygens (including phenoxy) is 1. The summed E-state index contributed by atoms with van der Waals surface area (Å²) in [7, 11) is 1.44. The van der Waals surface area contributed by atoms with Crippen LogP contribution < -0.4 is 9.62 Å². The van der Waals surface area contributed by atoms with Crippen LogP contribution in [0.25, 0.3) is 0 Å². The molecule has 1 aromatic rings. The topological polar surface area (TPSA) is 96.0 Å². The van der Waals surface area contributed by atoms with Gasteiger partial charge >= 0.3 is 5.97 Å². The van der Waals surface area contributed by atoms with Crippen LogP contribution in [0.1, 0.15) is 16.8 Å². The van der Waals surface area contributed by atoms with Crippen LogP contribution in [-0.2, 0) is 19.6 Å². The summed E-state index contributed by atoms with van der Waals surface area (Å²) in [4.78, 5) is 25.4. The number of nitrogens with one attached hydrogen (secondary N) is 1. The molecule has 140 valence electrons. The lowest BCUT2D eigenvalue weighted by Crippen LogP contribution is -2.36. The van der Waals surface area contributed by atoms with Gasteiger partial charge in [-0.3, -0.25) is 9.10 Å². The predicted octanol–water partition coefficient (Wildman–Crippen LogP) is 0.307. The van der Waals surface area contributed by atoms with Crippen molar-refractivity contribution in [1.82, 2.24) is 10.2 Å². The zero-order chi connectivity index (χ0) is 19.0. The van der Waals surface area contributed by atoms with Gasteiger partial charge in [0.2, 0.25) is 15.9 Å². The Morgan fingerprint density at radius 2 is 1.88 bits per heavy atom. The first-order valence-corrected chi connectivity index (χ1v) is 9.57. The first kappa shape index (κ1) is 20.9. The van der Waals surface area contributed by atoms with E-state index in [1.54, 1.807) is 12.1 Å². The Kier molecular flexibility index (Phi) is 7.85. The molecule has 0 aliphatic carbocycles. The monoisotopic (exact) mass is 371 g/mol.